The molecule has 2 aliphatic heterocycles. The SMILES string of the molecule is O=C(OCCOCCN=C1NS(=O)(=O)c2ccccc21)[C@@H]1CC(=O)N(c2ccccc2)C1. The number of fused-ring (bicyclic) bond motifs is 1. The number of anilines is 1. The second kappa shape index (κ2) is 9.49. The predicted molar refractivity (Wildman–Crippen MR) is 117 cm³/mol. The molecule has 10 heteroatoms. The highest BCUT2D eigenvalue weighted by atomic mass is 32.2. The molecular weight excluding hydrogens is 434 g/mol. The Morgan fingerprint density at radius 1 is 1.06 bits per heavy atom. The number of benzene rings is 2. The summed E-state index contributed by atoms with van der Waals surface area (Å²) in [5.74, 6) is -0.718. The first kappa shape index (κ1) is 22.0. The number of aliphatic imine (C=N–C) groups is 1. The third-order valence-corrected chi connectivity index (χ3v) is 6.56. The second-order valence-electron chi connectivity index (χ2n) is 7.35. The summed E-state index contributed by atoms with van der Waals surface area (Å²) in [6.07, 6.45) is 0.128. The number of nitrogens with zero attached hydrogens (tertiary/aromatic N) is 2. The number of nitrogens with one attached hydrogen (secondary N) is 1. The van der Waals surface area contributed by atoms with Crippen LogP contribution in [0, 0.1) is 5.92 Å². The van der Waals surface area contributed by atoms with Crippen molar-refractivity contribution in [3.63, 3.8) is 0 Å². The van der Waals surface area contributed by atoms with Crippen molar-refractivity contribution in [1.82, 2.24) is 4.72 Å². The van der Waals surface area contributed by atoms with E-state index in [-0.39, 0.29) is 43.6 Å². The van der Waals surface area contributed by atoms with Gasteiger partial charge in [0.25, 0.3) is 10.0 Å². The maximum Gasteiger partial charge on any atom is 0.311 e. The molecule has 2 aromatic rings. The van der Waals surface area contributed by atoms with Gasteiger partial charge in [0.2, 0.25) is 5.91 Å². The number of esters is 1. The van der Waals surface area contributed by atoms with Gasteiger partial charge in [-0.25, -0.2) is 8.42 Å². The number of amides is 1. The standard InChI is InChI=1S/C22H23N3O6S/c26-20-14-16(15-25(20)17-6-2-1-3-7-17)22(27)31-13-12-30-11-10-23-21-18-8-4-5-9-19(18)32(28,29)24-21/h1-9,16H,10-15H2,(H,23,24)/t16-/m1/s1. The number of hydrogen-bond acceptors (Lipinski definition) is 7. The molecule has 0 aliphatic carbocycles. The molecule has 0 bridgehead atoms. The molecule has 2 heterocycles. The molecule has 0 saturated carbocycles. The molecule has 1 saturated heterocycles. The van der Waals surface area contributed by atoms with E-state index in [4.69, 9.17) is 9.47 Å². The number of sulfonamides is 1. The van der Waals surface area contributed by atoms with Crippen LogP contribution in [0.2, 0.25) is 0 Å². The van der Waals surface area contributed by atoms with Crippen LogP contribution < -0.4 is 9.62 Å². The van der Waals surface area contributed by atoms with Gasteiger partial charge < -0.3 is 14.4 Å². The van der Waals surface area contributed by atoms with Crippen LogP contribution >= 0.6 is 0 Å². The van der Waals surface area contributed by atoms with Crippen LogP contribution in [-0.4, -0.2) is 59.0 Å². The van der Waals surface area contributed by atoms with Gasteiger partial charge in [-0.3, -0.25) is 19.3 Å². The first-order chi connectivity index (χ1) is 15.5. The Morgan fingerprint density at radius 2 is 1.81 bits per heavy atom. The van der Waals surface area contributed by atoms with Crippen LogP contribution in [0.1, 0.15) is 12.0 Å². The maximum absolute atomic E-state index is 12.3. The van der Waals surface area contributed by atoms with Gasteiger partial charge in [-0.05, 0) is 24.3 Å². The second-order valence-corrected chi connectivity index (χ2v) is 9.00. The molecule has 2 aromatic carbocycles. The Hall–Kier alpha value is -3.24. The molecule has 1 amide bonds. The lowest BCUT2D eigenvalue weighted by Gasteiger charge is -2.16. The van der Waals surface area contributed by atoms with Gasteiger partial charge in [0.15, 0.2) is 0 Å². The number of hydrogen-bond donors (Lipinski definition) is 1. The monoisotopic (exact) mass is 457 g/mol. The van der Waals surface area contributed by atoms with Gasteiger partial charge in [0, 0.05) is 24.2 Å². The predicted octanol–water partition coefficient (Wildman–Crippen LogP) is 1.34. The van der Waals surface area contributed by atoms with Crippen LogP contribution in [0.15, 0.2) is 64.5 Å². The Morgan fingerprint density at radius 3 is 2.62 bits per heavy atom. The Labute approximate surface area is 186 Å². The zero-order valence-electron chi connectivity index (χ0n) is 17.3. The zero-order chi connectivity index (χ0) is 22.6. The fourth-order valence-electron chi connectivity index (χ4n) is 3.62. The van der Waals surface area contributed by atoms with Crippen LogP contribution in [0.4, 0.5) is 5.69 Å². The van der Waals surface area contributed by atoms with E-state index in [0.717, 1.165) is 5.69 Å². The van der Waals surface area contributed by atoms with E-state index >= 15 is 0 Å². The van der Waals surface area contributed by atoms with E-state index in [2.05, 4.69) is 9.71 Å². The summed E-state index contributed by atoms with van der Waals surface area (Å²) in [5.41, 5.74) is 1.31. The summed E-state index contributed by atoms with van der Waals surface area (Å²) in [5, 5.41) is 0. The highest BCUT2D eigenvalue weighted by Gasteiger charge is 2.36. The van der Waals surface area contributed by atoms with E-state index < -0.39 is 21.9 Å². The lowest BCUT2D eigenvalue weighted by atomic mass is 10.1. The van der Waals surface area contributed by atoms with Crippen molar-refractivity contribution in [2.75, 3.05) is 37.8 Å². The van der Waals surface area contributed by atoms with Crippen molar-refractivity contribution in [2.24, 2.45) is 10.9 Å². The molecule has 32 heavy (non-hydrogen) atoms. The summed E-state index contributed by atoms with van der Waals surface area (Å²) in [6.45, 7) is 1.05. The average molecular weight is 458 g/mol. The summed E-state index contributed by atoms with van der Waals surface area (Å²) >= 11 is 0. The van der Waals surface area contributed by atoms with Crippen molar-refractivity contribution >= 4 is 33.4 Å². The summed E-state index contributed by atoms with van der Waals surface area (Å²) in [6, 6.07) is 15.8. The van der Waals surface area contributed by atoms with Crippen LogP contribution in [0.3, 0.4) is 0 Å². The normalized spacial score (nSPS) is 20.2. The third-order valence-electron chi connectivity index (χ3n) is 5.17. The number of ether oxygens (including phenoxy) is 2. The largest absolute Gasteiger partial charge is 0.463 e. The lowest BCUT2D eigenvalue weighted by Crippen LogP contribution is -2.26. The molecule has 1 N–H and O–H groups in total. The number of carbonyl (C=O) groups excluding carboxylic acids is 2. The number of para-hydroxylation sites is 1. The summed E-state index contributed by atoms with van der Waals surface area (Å²) in [7, 11) is -3.56. The quantitative estimate of drug-likeness (QED) is 0.473. The van der Waals surface area contributed by atoms with Crippen molar-refractivity contribution in [3.05, 3.63) is 60.2 Å². The maximum atomic E-state index is 12.3. The molecule has 0 spiro atoms. The minimum absolute atomic E-state index is 0.0703. The topological polar surface area (TPSA) is 114 Å². The lowest BCUT2D eigenvalue weighted by molar-refractivity contribution is -0.149. The molecule has 2 aliphatic rings. The molecule has 1 atom stereocenters. The molecule has 9 nitrogen and oxygen atoms in total. The van der Waals surface area contributed by atoms with Gasteiger partial charge >= 0.3 is 5.97 Å². The van der Waals surface area contributed by atoms with E-state index in [1.54, 1.807) is 23.1 Å². The fourth-order valence-corrected chi connectivity index (χ4v) is 4.87. The van der Waals surface area contributed by atoms with Gasteiger partial charge in [-0.1, -0.05) is 30.3 Å². The van der Waals surface area contributed by atoms with Crippen LogP contribution in [0.25, 0.3) is 0 Å². The molecule has 168 valence electrons. The zero-order valence-corrected chi connectivity index (χ0v) is 18.1. The van der Waals surface area contributed by atoms with Crippen molar-refractivity contribution < 1.29 is 27.5 Å². The third kappa shape index (κ3) is 4.81. The van der Waals surface area contributed by atoms with Crippen molar-refractivity contribution in [2.45, 2.75) is 11.3 Å². The molecule has 0 radical (unpaired) electrons. The Balaban J connectivity index is 1.17. The van der Waals surface area contributed by atoms with E-state index in [1.165, 1.54) is 6.07 Å². The Bertz CT molecular complexity index is 1130. The van der Waals surface area contributed by atoms with Crippen LogP contribution in [0.5, 0.6) is 0 Å². The first-order valence-electron chi connectivity index (χ1n) is 10.2. The number of carbonyl (C=O) groups is 2. The van der Waals surface area contributed by atoms with E-state index in [0.29, 0.717) is 17.9 Å². The highest BCUT2D eigenvalue weighted by Crippen LogP contribution is 2.25. The fraction of sp³-hybridized carbons (Fsp3) is 0.318. The van der Waals surface area contributed by atoms with Gasteiger partial charge in [0.1, 0.15) is 12.4 Å². The van der Waals surface area contributed by atoms with Crippen molar-refractivity contribution in [1.29, 1.82) is 0 Å². The van der Waals surface area contributed by atoms with Crippen molar-refractivity contribution in [3.8, 4) is 0 Å². The Kier molecular flexibility index (Phi) is 6.52. The minimum atomic E-state index is -3.56. The smallest absolute Gasteiger partial charge is 0.311 e. The van der Waals surface area contributed by atoms with E-state index in [1.807, 2.05) is 30.3 Å². The minimum Gasteiger partial charge on any atom is -0.463 e. The highest BCUT2D eigenvalue weighted by molar-refractivity contribution is 7.90. The number of amidine groups is 1. The molecule has 1 fully saturated rings. The number of rotatable bonds is 8. The summed E-state index contributed by atoms with van der Waals surface area (Å²) in [4.78, 5) is 30.5. The molecule has 0 unspecified atom stereocenters. The molecule has 4 rings (SSSR count). The van der Waals surface area contributed by atoms with Gasteiger partial charge in [-0.15, -0.1) is 0 Å². The average Bonchev–Trinajstić information content (AvgIpc) is 3.31. The van der Waals surface area contributed by atoms with E-state index in [9.17, 15) is 18.0 Å². The van der Waals surface area contributed by atoms with Gasteiger partial charge in [0.05, 0.1) is 30.6 Å². The molecular formula is C22H23N3O6S. The van der Waals surface area contributed by atoms with Gasteiger partial charge in [-0.2, -0.15) is 0 Å². The molecule has 0 aromatic heterocycles. The first-order valence-corrected chi connectivity index (χ1v) is 11.7. The van der Waals surface area contributed by atoms with Crippen LogP contribution in [-0.2, 0) is 29.1 Å². The summed E-state index contributed by atoms with van der Waals surface area (Å²) < 4.78 is 37.2.